The van der Waals surface area contributed by atoms with E-state index in [4.69, 9.17) is 9.83 Å². The van der Waals surface area contributed by atoms with E-state index in [1.54, 1.807) is 23.1 Å². The first-order valence-electron chi connectivity index (χ1n) is 5.69. The molecule has 3 rings (SSSR count). The van der Waals surface area contributed by atoms with Crippen molar-refractivity contribution in [3.8, 4) is 0 Å². The number of fused-ring (bicyclic) bond motifs is 1. The Morgan fingerprint density at radius 3 is 2.95 bits per heavy atom. The van der Waals surface area contributed by atoms with Gasteiger partial charge < -0.3 is 4.42 Å². The zero-order valence-corrected chi connectivity index (χ0v) is 12.3. The largest absolute Gasteiger partial charge is 0.462 e. The third kappa shape index (κ3) is 2.10. The first-order chi connectivity index (χ1) is 9.60. The summed E-state index contributed by atoms with van der Waals surface area (Å²) in [5.74, 6) is 0.912. The molecule has 0 unspecified atom stereocenters. The van der Waals surface area contributed by atoms with Gasteiger partial charge >= 0.3 is 0 Å². The number of nitrogens with one attached hydrogen (secondary N) is 1. The van der Waals surface area contributed by atoms with Gasteiger partial charge in [0.1, 0.15) is 17.4 Å². The van der Waals surface area contributed by atoms with Gasteiger partial charge in [-0.2, -0.15) is 9.39 Å². The summed E-state index contributed by atoms with van der Waals surface area (Å²) in [6.07, 6.45) is 3.41. The minimum absolute atomic E-state index is 0.0761. The van der Waals surface area contributed by atoms with Crippen LogP contribution in [0.15, 0.2) is 31.5 Å². The number of thioether (sulfide) groups is 1. The van der Waals surface area contributed by atoms with Crippen molar-refractivity contribution in [3.05, 3.63) is 29.2 Å². The van der Waals surface area contributed by atoms with Crippen molar-refractivity contribution in [1.82, 2.24) is 4.90 Å². The summed E-state index contributed by atoms with van der Waals surface area (Å²) in [4.78, 5) is 17.6. The Bertz CT molecular complexity index is 702. The fourth-order valence-electron chi connectivity index (χ4n) is 1.81. The van der Waals surface area contributed by atoms with E-state index < -0.39 is 5.91 Å². The predicted molar refractivity (Wildman–Crippen MR) is 82.0 cm³/mol. The number of amides is 1. The van der Waals surface area contributed by atoms with Crippen molar-refractivity contribution in [2.75, 3.05) is 6.26 Å². The van der Waals surface area contributed by atoms with E-state index in [1.807, 2.05) is 13.2 Å². The van der Waals surface area contributed by atoms with Gasteiger partial charge in [0.2, 0.25) is 5.17 Å². The van der Waals surface area contributed by atoms with E-state index in [2.05, 4.69) is 9.39 Å². The Balaban J connectivity index is 2.02. The molecule has 0 saturated heterocycles. The molecule has 2 aliphatic rings. The van der Waals surface area contributed by atoms with Crippen molar-refractivity contribution < 1.29 is 9.21 Å². The van der Waals surface area contributed by atoms with Gasteiger partial charge in [0.05, 0.1) is 17.5 Å². The number of hydrogen-bond donors (Lipinski definition) is 1. The smallest absolute Gasteiger partial charge is 0.283 e. The molecule has 0 atom stereocenters. The molecule has 0 saturated carbocycles. The molecule has 0 aliphatic carbocycles. The second-order valence-corrected chi connectivity index (χ2v) is 5.56. The van der Waals surface area contributed by atoms with Crippen LogP contribution >= 0.6 is 23.7 Å². The predicted octanol–water partition coefficient (Wildman–Crippen LogP) is 2.53. The first kappa shape index (κ1) is 13.2. The topological polar surface area (TPSA) is 82.0 Å². The van der Waals surface area contributed by atoms with Crippen LogP contribution in [0.2, 0.25) is 0 Å². The molecule has 1 aromatic rings. The maximum atomic E-state index is 12.0. The third-order valence-electron chi connectivity index (χ3n) is 2.72. The fraction of sp³-hybridized carbons (Fsp3) is 0.167. The van der Waals surface area contributed by atoms with E-state index in [9.17, 15) is 4.79 Å². The Morgan fingerprint density at radius 2 is 2.30 bits per heavy atom. The molecule has 6 nitrogen and oxygen atoms in total. The summed E-state index contributed by atoms with van der Waals surface area (Å²) in [5, 5.41) is 9.27. The fourth-order valence-corrected chi connectivity index (χ4v) is 3.26. The molecule has 8 heteroatoms. The lowest BCUT2D eigenvalue weighted by Crippen LogP contribution is -2.41. The van der Waals surface area contributed by atoms with E-state index in [0.29, 0.717) is 16.1 Å². The number of furan rings is 1. The molecule has 2 aliphatic heterocycles. The van der Waals surface area contributed by atoms with Gasteiger partial charge in [-0.3, -0.25) is 10.2 Å². The number of aliphatic imine (C=N–C) groups is 1. The molecule has 0 bridgehead atoms. The molecule has 0 spiro atoms. The molecule has 102 valence electrons. The highest BCUT2D eigenvalue weighted by Crippen LogP contribution is 2.31. The highest BCUT2D eigenvalue weighted by Gasteiger charge is 2.37. The third-order valence-corrected chi connectivity index (χ3v) is 4.18. The SMILES string of the molecule is CSC1=NSC2=NC(=O)/C(=C\c3ccc(C)o3)C(=N)N12. The highest BCUT2D eigenvalue weighted by molar-refractivity contribution is 8.18. The van der Waals surface area contributed by atoms with Crippen molar-refractivity contribution in [2.45, 2.75) is 6.92 Å². The van der Waals surface area contributed by atoms with Crippen molar-refractivity contribution in [3.63, 3.8) is 0 Å². The maximum absolute atomic E-state index is 12.0. The first-order valence-corrected chi connectivity index (χ1v) is 7.69. The summed E-state index contributed by atoms with van der Waals surface area (Å²) < 4.78 is 9.59. The average molecular weight is 306 g/mol. The van der Waals surface area contributed by atoms with Crippen molar-refractivity contribution in [1.29, 1.82) is 5.41 Å². The van der Waals surface area contributed by atoms with Crippen LogP contribution in [0.1, 0.15) is 11.5 Å². The Morgan fingerprint density at radius 1 is 1.50 bits per heavy atom. The molecule has 20 heavy (non-hydrogen) atoms. The second-order valence-electron chi connectivity index (χ2n) is 4.06. The lowest BCUT2D eigenvalue weighted by molar-refractivity contribution is -0.114. The van der Waals surface area contributed by atoms with Gasteiger partial charge in [-0.15, -0.1) is 0 Å². The molecule has 0 fully saturated rings. The maximum Gasteiger partial charge on any atom is 0.283 e. The number of nitrogens with zero attached hydrogens (tertiary/aromatic N) is 3. The van der Waals surface area contributed by atoms with Crippen LogP contribution in [-0.2, 0) is 4.79 Å². The molecule has 0 radical (unpaired) electrons. The Kier molecular flexibility index (Phi) is 3.27. The quantitative estimate of drug-likeness (QED) is 0.637. The molecular formula is C12H10N4O2S2. The zero-order chi connectivity index (χ0) is 14.3. The molecule has 0 aromatic carbocycles. The van der Waals surface area contributed by atoms with Crippen LogP contribution in [0, 0.1) is 12.3 Å². The molecule has 1 N–H and O–H groups in total. The molecule has 3 heterocycles. The zero-order valence-electron chi connectivity index (χ0n) is 10.7. The lowest BCUT2D eigenvalue weighted by Gasteiger charge is -2.23. The van der Waals surface area contributed by atoms with Crippen LogP contribution < -0.4 is 0 Å². The standard InChI is InChI=1S/C12H10N4O2S2/c1-6-3-4-7(18-6)5-8-9(13)16-11(14-10(8)17)20-15-12(16)19-2/h3-5,13H,1-2H3/b8-5-,13-9?. The summed E-state index contributed by atoms with van der Waals surface area (Å²) >= 11 is 2.52. The Hall–Kier alpha value is -1.80. The van der Waals surface area contributed by atoms with Gasteiger partial charge in [-0.1, -0.05) is 11.8 Å². The minimum Gasteiger partial charge on any atom is -0.462 e. The van der Waals surface area contributed by atoms with Crippen molar-refractivity contribution >= 4 is 51.9 Å². The molecular weight excluding hydrogens is 296 g/mol. The lowest BCUT2D eigenvalue weighted by atomic mass is 10.1. The van der Waals surface area contributed by atoms with Crippen LogP contribution in [0.4, 0.5) is 0 Å². The van der Waals surface area contributed by atoms with Gasteiger partial charge in [0.15, 0.2) is 5.17 Å². The van der Waals surface area contributed by atoms with E-state index in [-0.39, 0.29) is 11.4 Å². The average Bonchev–Trinajstić information content (AvgIpc) is 3.00. The second kappa shape index (κ2) is 4.95. The van der Waals surface area contributed by atoms with E-state index in [0.717, 1.165) is 17.7 Å². The van der Waals surface area contributed by atoms with E-state index >= 15 is 0 Å². The Labute approximate surface area is 123 Å². The normalized spacial score (nSPS) is 20.3. The number of aryl methyl sites for hydroxylation is 1. The number of hydrogen-bond acceptors (Lipinski definition) is 6. The van der Waals surface area contributed by atoms with E-state index in [1.165, 1.54) is 11.8 Å². The number of rotatable bonds is 1. The molecule has 1 aromatic heterocycles. The monoisotopic (exact) mass is 306 g/mol. The minimum atomic E-state index is -0.444. The van der Waals surface area contributed by atoms with Crippen LogP contribution in [-0.4, -0.2) is 33.2 Å². The number of carbonyl (C=O) groups excluding carboxylic acids is 1. The van der Waals surface area contributed by atoms with Gasteiger partial charge in [0, 0.05) is 0 Å². The van der Waals surface area contributed by atoms with Gasteiger partial charge in [-0.05, 0) is 31.4 Å². The van der Waals surface area contributed by atoms with Crippen LogP contribution in [0.3, 0.4) is 0 Å². The number of amidine groups is 3. The highest BCUT2D eigenvalue weighted by atomic mass is 32.2. The summed E-state index contributed by atoms with van der Waals surface area (Å²) in [5.41, 5.74) is 0.201. The summed E-state index contributed by atoms with van der Waals surface area (Å²) in [6, 6.07) is 3.56. The van der Waals surface area contributed by atoms with Crippen LogP contribution in [0.25, 0.3) is 6.08 Å². The van der Waals surface area contributed by atoms with Gasteiger partial charge in [-0.25, -0.2) is 4.90 Å². The summed E-state index contributed by atoms with van der Waals surface area (Å²) in [6.45, 7) is 1.82. The van der Waals surface area contributed by atoms with Crippen molar-refractivity contribution in [2.24, 2.45) is 9.39 Å². The number of carbonyl (C=O) groups is 1. The van der Waals surface area contributed by atoms with Crippen LogP contribution in [0.5, 0.6) is 0 Å². The molecule has 1 amide bonds. The summed E-state index contributed by atoms with van der Waals surface area (Å²) in [7, 11) is 0. The van der Waals surface area contributed by atoms with Gasteiger partial charge in [0.25, 0.3) is 5.91 Å².